The Labute approximate surface area is 281 Å². The van der Waals surface area contributed by atoms with Crippen molar-refractivity contribution in [2.75, 3.05) is 11.4 Å². The monoisotopic (exact) mass is 661 g/mol. The lowest BCUT2D eigenvalue weighted by atomic mass is 9.78. The normalized spacial score (nSPS) is 21.1. The molecule has 12 nitrogen and oxygen atoms in total. The number of carbonyl (C=O) groups is 3. The molecule has 3 amide bonds. The Morgan fingerprint density at radius 3 is 2.19 bits per heavy atom. The Balaban J connectivity index is 1.28. The second-order valence-electron chi connectivity index (χ2n) is 15.1. The number of alkyl carbamates (subject to hydrolysis) is 1. The first-order chi connectivity index (χ1) is 22.4. The molecule has 13 heteroatoms. The van der Waals surface area contributed by atoms with E-state index in [1.165, 1.54) is 4.90 Å². The summed E-state index contributed by atoms with van der Waals surface area (Å²) in [5.41, 5.74) is 7.70. The van der Waals surface area contributed by atoms with E-state index in [0.717, 1.165) is 11.0 Å². The molecule has 1 aliphatic carbocycles. The molecule has 1 saturated heterocycles. The van der Waals surface area contributed by atoms with Crippen LogP contribution in [0.4, 0.5) is 10.5 Å². The molecule has 3 aromatic rings. The molecule has 1 aliphatic heterocycles. The standard InChI is InChI=1S/C35H48BN5O7/c1-33(2,3)46-32(45)38-20-22-8-12-23(13-9-22)29(42)41(25-16-17-27-28(19-25)40-31(44)39-27)30(43)26(37)18-21-10-14-24(15-11-21)36-47-34(4,5)35(6,7)48-36/h10-11,14-17,19,22-23,26H,8-9,12-13,18,20,37H2,1-7H3,(H,38,45)(H2,39,40,44)/t22?,23?,26-/m0/s1. The van der Waals surface area contributed by atoms with Gasteiger partial charge in [-0.2, -0.15) is 0 Å². The van der Waals surface area contributed by atoms with Crippen molar-refractivity contribution >= 4 is 47.2 Å². The molecule has 5 rings (SSSR count). The Bertz CT molecular complexity index is 1680. The zero-order chi connectivity index (χ0) is 35.0. The Kier molecular flexibility index (Phi) is 9.97. The van der Waals surface area contributed by atoms with Gasteiger partial charge in [0.2, 0.25) is 5.91 Å². The Hall–Kier alpha value is -3.94. The highest BCUT2D eigenvalue weighted by Gasteiger charge is 2.51. The number of rotatable bonds is 8. The molecular weight excluding hydrogens is 613 g/mol. The van der Waals surface area contributed by atoms with Crippen LogP contribution in [0.25, 0.3) is 11.0 Å². The summed E-state index contributed by atoms with van der Waals surface area (Å²) in [7, 11) is -0.509. The second-order valence-corrected chi connectivity index (χ2v) is 15.1. The number of aromatic amines is 2. The molecule has 0 unspecified atom stereocenters. The maximum absolute atomic E-state index is 14.1. The molecule has 1 aromatic heterocycles. The summed E-state index contributed by atoms with van der Waals surface area (Å²) in [6.07, 6.45) is 2.27. The topological polar surface area (TPSA) is 169 Å². The number of nitrogens with two attached hydrogens (primary N) is 1. The van der Waals surface area contributed by atoms with Gasteiger partial charge < -0.3 is 35.1 Å². The zero-order valence-electron chi connectivity index (χ0n) is 29.0. The number of ether oxygens (including phenoxy) is 1. The number of hydrogen-bond acceptors (Lipinski definition) is 8. The predicted octanol–water partition coefficient (Wildman–Crippen LogP) is 3.92. The second kappa shape index (κ2) is 13.5. The zero-order valence-corrected chi connectivity index (χ0v) is 29.0. The van der Waals surface area contributed by atoms with Crippen LogP contribution in [0.5, 0.6) is 0 Å². The van der Waals surface area contributed by atoms with Crippen LogP contribution in [0, 0.1) is 11.8 Å². The van der Waals surface area contributed by atoms with Gasteiger partial charge in [-0.25, -0.2) is 14.5 Å². The first-order valence-electron chi connectivity index (χ1n) is 16.7. The van der Waals surface area contributed by atoms with Gasteiger partial charge in [-0.15, -0.1) is 0 Å². The highest BCUT2D eigenvalue weighted by molar-refractivity contribution is 6.62. The number of nitrogens with one attached hydrogen (secondary N) is 3. The lowest BCUT2D eigenvalue weighted by molar-refractivity contribution is -0.130. The highest BCUT2D eigenvalue weighted by Crippen LogP contribution is 2.36. The summed E-state index contributed by atoms with van der Waals surface area (Å²) in [4.78, 5) is 58.8. The van der Waals surface area contributed by atoms with Crippen LogP contribution in [0.1, 0.15) is 79.7 Å². The summed E-state index contributed by atoms with van der Waals surface area (Å²) in [5, 5.41) is 2.83. The van der Waals surface area contributed by atoms with Crippen molar-refractivity contribution in [3.8, 4) is 0 Å². The van der Waals surface area contributed by atoms with Crippen LogP contribution < -0.4 is 27.1 Å². The lowest BCUT2D eigenvalue weighted by Crippen LogP contribution is -2.50. The fraction of sp³-hybridized carbons (Fsp3) is 0.543. The number of benzene rings is 2. The molecule has 0 bridgehead atoms. The van der Waals surface area contributed by atoms with E-state index in [2.05, 4.69) is 15.3 Å². The van der Waals surface area contributed by atoms with E-state index in [-0.39, 0.29) is 23.9 Å². The van der Waals surface area contributed by atoms with Gasteiger partial charge >= 0.3 is 18.9 Å². The number of H-pyrrole nitrogens is 2. The van der Waals surface area contributed by atoms with Crippen LogP contribution in [-0.4, -0.2) is 64.4 Å². The van der Waals surface area contributed by atoms with Crippen molar-refractivity contribution < 1.29 is 28.4 Å². The van der Waals surface area contributed by atoms with E-state index in [4.69, 9.17) is 19.8 Å². The van der Waals surface area contributed by atoms with E-state index in [0.29, 0.717) is 48.9 Å². The maximum atomic E-state index is 14.1. The van der Waals surface area contributed by atoms with Crippen molar-refractivity contribution in [1.29, 1.82) is 0 Å². The van der Waals surface area contributed by atoms with Gasteiger partial charge in [0.05, 0.1) is 34.0 Å². The van der Waals surface area contributed by atoms with Crippen molar-refractivity contribution in [2.45, 2.75) is 103 Å². The van der Waals surface area contributed by atoms with E-state index in [1.807, 2.05) is 72.7 Å². The molecule has 2 fully saturated rings. The number of fused-ring (bicyclic) bond motifs is 1. The summed E-state index contributed by atoms with van der Waals surface area (Å²) < 4.78 is 17.7. The molecular formula is C35H48BN5O7. The summed E-state index contributed by atoms with van der Waals surface area (Å²) >= 11 is 0. The van der Waals surface area contributed by atoms with E-state index < -0.39 is 47.9 Å². The lowest BCUT2D eigenvalue weighted by Gasteiger charge is -2.32. The van der Waals surface area contributed by atoms with Crippen LogP contribution >= 0.6 is 0 Å². The quantitative estimate of drug-likeness (QED) is 0.264. The van der Waals surface area contributed by atoms with Gasteiger partial charge in [0.25, 0.3) is 5.91 Å². The van der Waals surface area contributed by atoms with Crippen LogP contribution in [0.2, 0.25) is 0 Å². The Morgan fingerprint density at radius 1 is 0.979 bits per heavy atom. The van der Waals surface area contributed by atoms with Crippen LogP contribution in [-0.2, 0) is 30.1 Å². The molecule has 2 aliphatic rings. The van der Waals surface area contributed by atoms with E-state index >= 15 is 0 Å². The molecule has 2 aromatic carbocycles. The van der Waals surface area contributed by atoms with Gasteiger partial charge in [0, 0.05) is 12.5 Å². The minimum Gasteiger partial charge on any atom is -0.444 e. The van der Waals surface area contributed by atoms with Crippen molar-refractivity contribution in [3.63, 3.8) is 0 Å². The number of nitrogens with zero attached hydrogens (tertiary/aromatic N) is 1. The minimum atomic E-state index is -1.01. The molecule has 1 atom stereocenters. The minimum absolute atomic E-state index is 0.189. The van der Waals surface area contributed by atoms with Gasteiger partial charge in [-0.05, 0) is 116 Å². The smallest absolute Gasteiger partial charge is 0.444 e. The average molecular weight is 662 g/mol. The molecule has 1 saturated carbocycles. The Morgan fingerprint density at radius 2 is 1.58 bits per heavy atom. The van der Waals surface area contributed by atoms with Gasteiger partial charge in [-0.1, -0.05) is 24.3 Å². The first kappa shape index (κ1) is 35.4. The van der Waals surface area contributed by atoms with Gasteiger partial charge in [0.15, 0.2) is 0 Å². The van der Waals surface area contributed by atoms with Gasteiger partial charge in [-0.3, -0.25) is 9.59 Å². The number of aromatic nitrogens is 2. The number of hydrogen-bond donors (Lipinski definition) is 4. The summed E-state index contributed by atoms with van der Waals surface area (Å²) in [5.74, 6) is -1.07. The fourth-order valence-electron chi connectivity index (χ4n) is 6.16. The summed E-state index contributed by atoms with van der Waals surface area (Å²) in [6, 6.07) is 11.5. The number of carbonyl (C=O) groups excluding carboxylic acids is 3. The largest absolute Gasteiger partial charge is 0.494 e. The first-order valence-corrected chi connectivity index (χ1v) is 16.7. The fourth-order valence-corrected chi connectivity index (χ4v) is 6.16. The number of anilines is 1. The number of amides is 3. The summed E-state index contributed by atoms with van der Waals surface area (Å²) in [6.45, 7) is 13.9. The highest BCUT2D eigenvalue weighted by atomic mass is 16.7. The molecule has 5 N–H and O–H groups in total. The van der Waals surface area contributed by atoms with Crippen molar-refractivity contribution in [3.05, 3.63) is 58.5 Å². The third-order valence-corrected chi connectivity index (χ3v) is 9.61. The SMILES string of the molecule is CC(C)(C)OC(=O)NCC1CCC(C(=O)N(C(=O)[C@@H](N)Cc2ccc(B3OC(C)(C)C(C)(C)O3)cc2)c2ccc3[nH]c(=O)[nH]c3c2)CC1. The molecule has 258 valence electrons. The maximum Gasteiger partial charge on any atom is 0.494 e. The molecule has 0 radical (unpaired) electrons. The predicted molar refractivity (Wildman–Crippen MR) is 185 cm³/mol. The van der Waals surface area contributed by atoms with E-state index in [1.54, 1.807) is 18.2 Å². The number of imide groups is 1. The average Bonchev–Trinajstić information content (AvgIpc) is 3.48. The molecule has 0 spiro atoms. The van der Waals surface area contributed by atoms with Crippen LogP contribution in [0.15, 0.2) is 47.3 Å². The van der Waals surface area contributed by atoms with Gasteiger partial charge in [0.1, 0.15) is 5.60 Å². The van der Waals surface area contributed by atoms with Crippen molar-refractivity contribution in [1.82, 2.24) is 15.3 Å². The van der Waals surface area contributed by atoms with Crippen molar-refractivity contribution in [2.24, 2.45) is 17.6 Å². The van der Waals surface area contributed by atoms with Crippen LogP contribution in [0.3, 0.4) is 0 Å². The molecule has 48 heavy (non-hydrogen) atoms. The third-order valence-electron chi connectivity index (χ3n) is 9.61. The van der Waals surface area contributed by atoms with E-state index in [9.17, 15) is 19.2 Å². The molecule has 2 heterocycles. The third kappa shape index (κ3) is 8.02. The number of imidazole rings is 1.